The molecule has 1 fully saturated rings. The second-order valence-electron chi connectivity index (χ2n) is 4.21. The molecule has 1 aliphatic rings. The lowest BCUT2D eigenvalue weighted by Gasteiger charge is -2.12. The first-order valence-electron chi connectivity index (χ1n) is 5.10. The monoisotopic (exact) mass is 171 g/mol. The SMILES string of the molecule is C[C@@H]1CC[C@@H](NCC[C@H](C)O)C1. The molecule has 0 heterocycles. The molecule has 72 valence electrons. The zero-order valence-corrected chi connectivity index (χ0v) is 8.21. The Balaban J connectivity index is 2.00. The van der Waals surface area contributed by atoms with E-state index in [0.29, 0.717) is 0 Å². The van der Waals surface area contributed by atoms with E-state index in [1.54, 1.807) is 0 Å². The van der Waals surface area contributed by atoms with Gasteiger partial charge in [-0.15, -0.1) is 0 Å². The van der Waals surface area contributed by atoms with Crippen LogP contribution in [0.25, 0.3) is 0 Å². The first-order valence-corrected chi connectivity index (χ1v) is 5.10. The number of aliphatic hydroxyl groups excluding tert-OH is 1. The first kappa shape index (κ1) is 10.0. The molecule has 0 aromatic rings. The number of hydrogen-bond donors (Lipinski definition) is 2. The van der Waals surface area contributed by atoms with E-state index in [1.807, 2.05) is 6.92 Å². The highest BCUT2D eigenvalue weighted by atomic mass is 16.3. The van der Waals surface area contributed by atoms with Crippen molar-refractivity contribution in [3.8, 4) is 0 Å². The van der Waals surface area contributed by atoms with Crippen LogP contribution in [0.1, 0.15) is 39.5 Å². The summed E-state index contributed by atoms with van der Waals surface area (Å²) in [6.07, 6.45) is 4.73. The summed E-state index contributed by atoms with van der Waals surface area (Å²) in [6.45, 7) is 5.13. The van der Waals surface area contributed by atoms with Crippen molar-refractivity contribution in [2.45, 2.75) is 51.7 Å². The van der Waals surface area contributed by atoms with Gasteiger partial charge in [-0.3, -0.25) is 0 Å². The molecule has 2 N–H and O–H groups in total. The van der Waals surface area contributed by atoms with Crippen LogP contribution in [-0.2, 0) is 0 Å². The third-order valence-corrected chi connectivity index (χ3v) is 2.69. The molecule has 0 bridgehead atoms. The molecule has 0 radical (unpaired) electrons. The standard InChI is InChI=1S/C10H21NO/c1-8-3-4-10(7-8)11-6-5-9(2)12/h8-12H,3-7H2,1-2H3/t8-,9+,10-/m1/s1. The van der Waals surface area contributed by atoms with Gasteiger partial charge in [0, 0.05) is 6.04 Å². The normalized spacial score (nSPS) is 32.2. The molecule has 0 unspecified atom stereocenters. The predicted molar refractivity (Wildman–Crippen MR) is 51.1 cm³/mol. The molecule has 1 saturated carbocycles. The molecular formula is C10H21NO. The van der Waals surface area contributed by atoms with Crippen molar-refractivity contribution < 1.29 is 5.11 Å². The predicted octanol–water partition coefficient (Wildman–Crippen LogP) is 1.54. The summed E-state index contributed by atoms with van der Waals surface area (Å²) in [5, 5.41) is 12.5. The number of rotatable bonds is 4. The van der Waals surface area contributed by atoms with Crippen LogP contribution in [-0.4, -0.2) is 23.8 Å². The highest BCUT2D eigenvalue weighted by molar-refractivity contribution is 4.78. The van der Waals surface area contributed by atoms with Crippen molar-refractivity contribution in [1.29, 1.82) is 0 Å². The third-order valence-electron chi connectivity index (χ3n) is 2.69. The van der Waals surface area contributed by atoms with E-state index >= 15 is 0 Å². The summed E-state index contributed by atoms with van der Waals surface area (Å²) in [5.41, 5.74) is 0. The number of hydrogen-bond acceptors (Lipinski definition) is 2. The van der Waals surface area contributed by atoms with Crippen molar-refractivity contribution in [2.75, 3.05) is 6.54 Å². The highest BCUT2D eigenvalue weighted by Crippen LogP contribution is 2.24. The van der Waals surface area contributed by atoms with Crippen molar-refractivity contribution in [3.05, 3.63) is 0 Å². The Morgan fingerprint density at radius 3 is 2.75 bits per heavy atom. The minimum absolute atomic E-state index is 0.156. The Bertz CT molecular complexity index is 125. The molecule has 0 amide bonds. The van der Waals surface area contributed by atoms with Crippen molar-refractivity contribution >= 4 is 0 Å². The van der Waals surface area contributed by atoms with Crippen LogP contribution in [0.4, 0.5) is 0 Å². The van der Waals surface area contributed by atoms with E-state index in [1.165, 1.54) is 19.3 Å². The summed E-state index contributed by atoms with van der Waals surface area (Å²) in [7, 11) is 0. The van der Waals surface area contributed by atoms with Crippen LogP contribution in [0.5, 0.6) is 0 Å². The topological polar surface area (TPSA) is 32.3 Å². The molecule has 2 nitrogen and oxygen atoms in total. The third kappa shape index (κ3) is 3.55. The number of nitrogens with one attached hydrogen (secondary N) is 1. The Morgan fingerprint density at radius 2 is 2.25 bits per heavy atom. The fraction of sp³-hybridized carbons (Fsp3) is 1.00. The Labute approximate surface area is 75.4 Å². The van der Waals surface area contributed by atoms with Gasteiger partial charge < -0.3 is 10.4 Å². The van der Waals surface area contributed by atoms with Gasteiger partial charge in [-0.05, 0) is 45.1 Å². The molecule has 1 aliphatic carbocycles. The summed E-state index contributed by atoms with van der Waals surface area (Å²) >= 11 is 0. The molecule has 1 rings (SSSR count). The van der Waals surface area contributed by atoms with Crippen LogP contribution < -0.4 is 5.32 Å². The average molecular weight is 171 g/mol. The lowest BCUT2D eigenvalue weighted by molar-refractivity contribution is 0.182. The van der Waals surface area contributed by atoms with Gasteiger partial charge in [-0.1, -0.05) is 6.92 Å². The second-order valence-corrected chi connectivity index (χ2v) is 4.21. The van der Waals surface area contributed by atoms with E-state index in [9.17, 15) is 0 Å². The van der Waals surface area contributed by atoms with Gasteiger partial charge in [0.05, 0.1) is 6.10 Å². The zero-order chi connectivity index (χ0) is 8.97. The molecular weight excluding hydrogens is 150 g/mol. The second kappa shape index (κ2) is 4.83. The molecule has 2 heteroatoms. The maximum Gasteiger partial charge on any atom is 0.0524 e. The van der Waals surface area contributed by atoms with E-state index in [0.717, 1.165) is 24.9 Å². The molecule has 0 aromatic carbocycles. The van der Waals surface area contributed by atoms with E-state index < -0.39 is 0 Å². The van der Waals surface area contributed by atoms with Crippen LogP contribution in [0.3, 0.4) is 0 Å². The summed E-state index contributed by atoms with van der Waals surface area (Å²) in [4.78, 5) is 0. The largest absolute Gasteiger partial charge is 0.393 e. The minimum Gasteiger partial charge on any atom is -0.393 e. The van der Waals surface area contributed by atoms with Crippen molar-refractivity contribution in [3.63, 3.8) is 0 Å². The fourth-order valence-corrected chi connectivity index (χ4v) is 1.89. The van der Waals surface area contributed by atoms with E-state index in [-0.39, 0.29) is 6.10 Å². The summed E-state index contributed by atoms with van der Waals surface area (Å²) in [5.74, 6) is 0.897. The van der Waals surface area contributed by atoms with Crippen LogP contribution in [0, 0.1) is 5.92 Å². The van der Waals surface area contributed by atoms with Gasteiger partial charge in [0.25, 0.3) is 0 Å². The van der Waals surface area contributed by atoms with Crippen LogP contribution in [0.2, 0.25) is 0 Å². The van der Waals surface area contributed by atoms with Gasteiger partial charge in [0.15, 0.2) is 0 Å². The van der Waals surface area contributed by atoms with E-state index in [2.05, 4.69) is 12.2 Å². The average Bonchev–Trinajstić information content (AvgIpc) is 2.35. The Morgan fingerprint density at radius 1 is 1.50 bits per heavy atom. The maximum absolute atomic E-state index is 9.04. The fourth-order valence-electron chi connectivity index (χ4n) is 1.89. The molecule has 12 heavy (non-hydrogen) atoms. The summed E-state index contributed by atoms with van der Waals surface area (Å²) in [6, 6.07) is 0.721. The van der Waals surface area contributed by atoms with Gasteiger partial charge in [-0.2, -0.15) is 0 Å². The Kier molecular flexibility index (Phi) is 4.02. The molecule has 0 saturated heterocycles. The zero-order valence-electron chi connectivity index (χ0n) is 8.21. The van der Waals surface area contributed by atoms with Crippen LogP contribution in [0.15, 0.2) is 0 Å². The van der Waals surface area contributed by atoms with Crippen LogP contribution >= 0.6 is 0 Å². The Hall–Kier alpha value is -0.0800. The lowest BCUT2D eigenvalue weighted by Crippen LogP contribution is -2.28. The molecule has 0 aromatic heterocycles. The van der Waals surface area contributed by atoms with Crippen molar-refractivity contribution in [1.82, 2.24) is 5.32 Å². The molecule has 3 atom stereocenters. The quantitative estimate of drug-likeness (QED) is 0.672. The molecule has 0 spiro atoms. The van der Waals surface area contributed by atoms with E-state index in [4.69, 9.17) is 5.11 Å². The minimum atomic E-state index is -0.156. The maximum atomic E-state index is 9.04. The lowest BCUT2D eigenvalue weighted by atomic mass is 10.1. The van der Waals surface area contributed by atoms with Gasteiger partial charge in [0.1, 0.15) is 0 Å². The van der Waals surface area contributed by atoms with Gasteiger partial charge in [0.2, 0.25) is 0 Å². The van der Waals surface area contributed by atoms with Gasteiger partial charge >= 0.3 is 0 Å². The highest BCUT2D eigenvalue weighted by Gasteiger charge is 2.20. The first-order chi connectivity index (χ1) is 5.68. The molecule has 0 aliphatic heterocycles. The van der Waals surface area contributed by atoms with Gasteiger partial charge in [-0.25, -0.2) is 0 Å². The van der Waals surface area contributed by atoms with Crippen molar-refractivity contribution in [2.24, 2.45) is 5.92 Å². The summed E-state index contributed by atoms with van der Waals surface area (Å²) < 4.78 is 0. The smallest absolute Gasteiger partial charge is 0.0524 e. The number of aliphatic hydroxyl groups is 1.